The minimum Gasteiger partial charge on any atom is -0.390 e. The predicted molar refractivity (Wildman–Crippen MR) is 81.6 cm³/mol. The third kappa shape index (κ3) is 3.11. The van der Waals surface area contributed by atoms with Crippen LogP contribution in [0, 0.1) is 5.92 Å². The number of hydrogen-bond donors (Lipinski definition) is 3. The molecule has 4 N–H and O–H groups in total. The SMILES string of the molecule is NC1CCCCC1CC(=O)N[C@H]1c2ccccc2C[C@H]1O. The van der Waals surface area contributed by atoms with Crippen LogP contribution in [0.3, 0.4) is 0 Å². The number of benzene rings is 1. The Balaban J connectivity index is 1.62. The van der Waals surface area contributed by atoms with Gasteiger partial charge in [-0.05, 0) is 29.9 Å². The molecule has 0 radical (unpaired) electrons. The fourth-order valence-corrected chi connectivity index (χ4v) is 3.71. The van der Waals surface area contributed by atoms with Gasteiger partial charge in [-0.1, -0.05) is 37.1 Å². The number of hydrogen-bond acceptors (Lipinski definition) is 3. The Kier molecular flexibility index (Phi) is 4.27. The van der Waals surface area contributed by atoms with Crippen molar-refractivity contribution in [3.63, 3.8) is 0 Å². The van der Waals surface area contributed by atoms with Gasteiger partial charge in [0, 0.05) is 18.9 Å². The average Bonchev–Trinajstić information content (AvgIpc) is 2.78. The van der Waals surface area contributed by atoms with Crippen LogP contribution < -0.4 is 11.1 Å². The van der Waals surface area contributed by atoms with Crippen molar-refractivity contribution in [2.45, 2.75) is 56.7 Å². The molecular weight excluding hydrogens is 264 g/mol. The fraction of sp³-hybridized carbons (Fsp3) is 0.588. The van der Waals surface area contributed by atoms with Gasteiger partial charge in [0.05, 0.1) is 12.1 Å². The largest absolute Gasteiger partial charge is 0.390 e. The number of aliphatic hydroxyl groups excluding tert-OH is 1. The van der Waals surface area contributed by atoms with E-state index < -0.39 is 6.10 Å². The van der Waals surface area contributed by atoms with Gasteiger partial charge >= 0.3 is 0 Å². The zero-order chi connectivity index (χ0) is 14.8. The van der Waals surface area contributed by atoms with Crippen LogP contribution in [0.1, 0.15) is 49.3 Å². The molecule has 0 bridgehead atoms. The zero-order valence-corrected chi connectivity index (χ0v) is 12.3. The van der Waals surface area contributed by atoms with E-state index in [0.717, 1.165) is 24.0 Å². The number of nitrogens with two attached hydrogens (primary N) is 1. The first-order valence-electron chi connectivity index (χ1n) is 7.96. The molecule has 2 aliphatic rings. The molecule has 0 heterocycles. The Hall–Kier alpha value is -1.39. The molecule has 4 heteroatoms. The molecule has 114 valence electrons. The van der Waals surface area contributed by atoms with Crippen LogP contribution in [0.25, 0.3) is 0 Å². The first-order valence-corrected chi connectivity index (χ1v) is 7.96. The lowest BCUT2D eigenvalue weighted by Crippen LogP contribution is -2.39. The lowest BCUT2D eigenvalue weighted by atomic mass is 9.83. The van der Waals surface area contributed by atoms with Gasteiger partial charge < -0.3 is 16.2 Å². The number of aliphatic hydroxyl groups is 1. The topological polar surface area (TPSA) is 75.4 Å². The summed E-state index contributed by atoms with van der Waals surface area (Å²) < 4.78 is 0. The number of fused-ring (bicyclic) bond motifs is 1. The van der Waals surface area contributed by atoms with Crippen molar-refractivity contribution in [1.29, 1.82) is 0 Å². The minimum absolute atomic E-state index is 0.0121. The summed E-state index contributed by atoms with van der Waals surface area (Å²) in [5, 5.41) is 13.2. The second-order valence-corrected chi connectivity index (χ2v) is 6.43. The van der Waals surface area contributed by atoms with Crippen LogP contribution in [-0.4, -0.2) is 23.2 Å². The summed E-state index contributed by atoms with van der Waals surface area (Å²) in [6.45, 7) is 0. The van der Waals surface area contributed by atoms with Crippen molar-refractivity contribution in [3.8, 4) is 0 Å². The number of rotatable bonds is 3. The molecule has 1 saturated carbocycles. The summed E-state index contributed by atoms with van der Waals surface area (Å²) in [6.07, 6.45) is 4.97. The van der Waals surface area contributed by atoms with Gasteiger partial charge in [-0.15, -0.1) is 0 Å². The molecule has 1 fully saturated rings. The van der Waals surface area contributed by atoms with E-state index in [2.05, 4.69) is 5.32 Å². The van der Waals surface area contributed by atoms with Gasteiger partial charge in [0.1, 0.15) is 0 Å². The van der Waals surface area contributed by atoms with Crippen LogP contribution in [0.2, 0.25) is 0 Å². The van der Waals surface area contributed by atoms with Gasteiger partial charge in [0.2, 0.25) is 5.91 Å². The number of carbonyl (C=O) groups is 1. The maximum Gasteiger partial charge on any atom is 0.220 e. The van der Waals surface area contributed by atoms with E-state index in [-0.39, 0.29) is 23.9 Å². The van der Waals surface area contributed by atoms with Crippen molar-refractivity contribution in [2.75, 3.05) is 0 Å². The molecule has 2 aliphatic carbocycles. The Bertz CT molecular complexity index is 517. The molecule has 3 rings (SSSR count). The monoisotopic (exact) mass is 288 g/mol. The van der Waals surface area contributed by atoms with Crippen molar-refractivity contribution < 1.29 is 9.90 Å². The van der Waals surface area contributed by atoms with E-state index in [1.807, 2.05) is 24.3 Å². The highest BCUT2D eigenvalue weighted by atomic mass is 16.3. The Morgan fingerprint density at radius 3 is 2.86 bits per heavy atom. The van der Waals surface area contributed by atoms with E-state index in [1.165, 1.54) is 12.8 Å². The maximum atomic E-state index is 12.3. The third-order valence-electron chi connectivity index (χ3n) is 4.94. The van der Waals surface area contributed by atoms with Gasteiger partial charge in [0.25, 0.3) is 0 Å². The van der Waals surface area contributed by atoms with E-state index in [4.69, 9.17) is 5.73 Å². The standard InChI is InChI=1S/C17H24N2O2/c18-14-8-4-2-6-12(14)10-16(21)19-17-13-7-3-1-5-11(13)9-15(17)20/h1,3,5,7,12,14-15,17,20H,2,4,6,8-10,18H2,(H,19,21)/t12?,14?,15-,17+/m1/s1. The maximum absolute atomic E-state index is 12.3. The molecule has 1 amide bonds. The van der Waals surface area contributed by atoms with Crippen LogP contribution in [0.5, 0.6) is 0 Å². The molecule has 0 aliphatic heterocycles. The summed E-state index contributed by atoms with van der Waals surface area (Å²) >= 11 is 0. The predicted octanol–water partition coefficient (Wildman–Crippen LogP) is 1.67. The molecule has 0 saturated heterocycles. The lowest BCUT2D eigenvalue weighted by molar-refractivity contribution is -0.123. The van der Waals surface area contributed by atoms with E-state index in [9.17, 15) is 9.90 Å². The summed E-state index contributed by atoms with van der Waals surface area (Å²) in [5.74, 6) is 0.297. The molecule has 2 unspecified atom stereocenters. The highest BCUT2D eigenvalue weighted by molar-refractivity contribution is 5.77. The number of carbonyl (C=O) groups excluding carboxylic acids is 1. The Morgan fingerprint density at radius 1 is 1.29 bits per heavy atom. The Morgan fingerprint density at radius 2 is 2.05 bits per heavy atom. The van der Waals surface area contributed by atoms with Gasteiger partial charge in [-0.25, -0.2) is 0 Å². The van der Waals surface area contributed by atoms with Gasteiger partial charge in [-0.3, -0.25) is 4.79 Å². The molecule has 4 atom stereocenters. The molecule has 1 aromatic rings. The van der Waals surface area contributed by atoms with Gasteiger partial charge in [0.15, 0.2) is 0 Å². The second kappa shape index (κ2) is 6.16. The number of amides is 1. The molecule has 0 aromatic heterocycles. The third-order valence-corrected chi connectivity index (χ3v) is 4.94. The first kappa shape index (κ1) is 14.5. The summed E-state index contributed by atoms with van der Waals surface area (Å²) in [4.78, 5) is 12.3. The highest BCUT2D eigenvalue weighted by Crippen LogP contribution is 2.32. The number of nitrogens with one attached hydrogen (secondary N) is 1. The summed E-state index contributed by atoms with van der Waals surface area (Å²) in [5.41, 5.74) is 8.29. The zero-order valence-electron chi connectivity index (χ0n) is 12.3. The highest BCUT2D eigenvalue weighted by Gasteiger charge is 2.33. The van der Waals surface area contributed by atoms with Crippen LogP contribution >= 0.6 is 0 Å². The van der Waals surface area contributed by atoms with Crippen LogP contribution in [0.4, 0.5) is 0 Å². The van der Waals surface area contributed by atoms with Crippen LogP contribution in [-0.2, 0) is 11.2 Å². The molecule has 4 nitrogen and oxygen atoms in total. The normalized spacial score (nSPS) is 31.7. The van der Waals surface area contributed by atoms with E-state index in [1.54, 1.807) is 0 Å². The van der Waals surface area contributed by atoms with Crippen molar-refractivity contribution >= 4 is 5.91 Å². The molecule has 1 aromatic carbocycles. The average molecular weight is 288 g/mol. The minimum atomic E-state index is -0.522. The molecule has 21 heavy (non-hydrogen) atoms. The summed E-state index contributed by atoms with van der Waals surface area (Å²) in [7, 11) is 0. The van der Waals surface area contributed by atoms with Crippen molar-refractivity contribution in [2.24, 2.45) is 11.7 Å². The smallest absolute Gasteiger partial charge is 0.220 e. The quantitative estimate of drug-likeness (QED) is 0.792. The van der Waals surface area contributed by atoms with E-state index in [0.29, 0.717) is 12.8 Å². The van der Waals surface area contributed by atoms with Crippen LogP contribution in [0.15, 0.2) is 24.3 Å². The van der Waals surface area contributed by atoms with Crippen molar-refractivity contribution in [3.05, 3.63) is 35.4 Å². The molecular formula is C17H24N2O2. The van der Waals surface area contributed by atoms with Gasteiger partial charge in [-0.2, -0.15) is 0 Å². The molecule has 0 spiro atoms. The summed E-state index contributed by atoms with van der Waals surface area (Å²) in [6, 6.07) is 7.80. The second-order valence-electron chi connectivity index (χ2n) is 6.43. The lowest BCUT2D eigenvalue weighted by Gasteiger charge is -2.28. The fourth-order valence-electron chi connectivity index (χ4n) is 3.71. The Labute approximate surface area is 125 Å². The van der Waals surface area contributed by atoms with E-state index >= 15 is 0 Å². The van der Waals surface area contributed by atoms with Crippen molar-refractivity contribution in [1.82, 2.24) is 5.32 Å². The first-order chi connectivity index (χ1) is 10.1.